The van der Waals surface area contributed by atoms with E-state index in [9.17, 15) is 8.78 Å². The lowest BCUT2D eigenvalue weighted by Gasteiger charge is -2.06. The second-order valence-corrected chi connectivity index (χ2v) is 4.23. The number of rotatable bonds is 3. The van der Waals surface area contributed by atoms with Crippen LogP contribution in [-0.4, -0.2) is 11.6 Å². The molecule has 0 atom stereocenters. The number of alkyl halides is 2. The van der Waals surface area contributed by atoms with E-state index in [0.717, 1.165) is 0 Å². The van der Waals surface area contributed by atoms with E-state index in [1.165, 1.54) is 12.3 Å². The molecule has 0 fully saturated rings. The molecule has 1 heterocycles. The van der Waals surface area contributed by atoms with Gasteiger partial charge in [-0.15, -0.1) is 0 Å². The molecule has 0 aliphatic heterocycles. The Bertz CT molecular complexity index is 546. The third kappa shape index (κ3) is 3.09. The lowest BCUT2D eigenvalue weighted by molar-refractivity contribution is -0.0500. The molecule has 94 valence electrons. The fourth-order valence-electron chi connectivity index (χ4n) is 1.41. The van der Waals surface area contributed by atoms with Crippen molar-refractivity contribution in [2.24, 2.45) is 0 Å². The minimum Gasteiger partial charge on any atom is -0.433 e. The summed E-state index contributed by atoms with van der Waals surface area (Å²) in [6.07, 6.45) is 1.21. The Morgan fingerprint density at radius 1 is 1.11 bits per heavy atom. The minimum atomic E-state index is -2.86. The van der Waals surface area contributed by atoms with Crippen LogP contribution in [0.2, 0.25) is 10.0 Å². The Labute approximate surface area is 112 Å². The molecule has 0 saturated heterocycles. The van der Waals surface area contributed by atoms with Crippen molar-refractivity contribution < 1.29 is 13.5 Å². The molecule has 0 bridgehead atoms. The van der Waals surface area contributed by atoms with E-state index in [1.807, 2.05) is 0 Å². The molecule has 0 radical (unpaired) electrons. The van der Waals surface area contributed by atoms with Crippen LogP contribution < -0.4 is 4.74 Å². The Morgan fingerprint density at radius 2 is 1.89 bits per heavy atom. The molecule has 0 aliphatic rings. The number of halogens is 4. The molecule has 0 N–H and O–H groups in total. The van der Waals surface area contributed by atoms with Crippen molar-refractivity contribution in [3.8, 4) is 17.0 Å². The maximum Gasteiger partial charge on any atom is 0.387 e. The fraction of sp³-hybridized carbons (Fsp3) is 0.0833. The van der Waals surface area contributed by atoms with Gasteiger partial charge in [0.15, 0.2) is 0 Å². The van der Waals surface area contributed by atoms with Crippen LogP contribution in [0.25, 0.3) is 11.3 Å². The molecule has 0 spiro atoms. The highest BCUT2D eigenvalue weighted by molar-refractivity contribution is 6.36. The molecule has 0 amide bonds. The lowest BCUT2D eigenvalue weighted by atomic mass is 10.1. The van der Waals surface area contributed by atoms with E-state index in [4.69, 9.17) is 23.2 Å². The third-order valence-corrected chi connectivity index (χ3v) is 2.72. The summed E-state index contributed by atoms with van der Waals surface area (Å²) in [5.41, 5.74) is 1.22. The molecule has 18 heavy (non-hydrogen) atoms. The van der Waals surface area contributed by atoms with Gasteiger partial charge in [0.05, 0.1) is 16.9 Å². The topological polar surface area (TPSA) is 22.1 Å². The quantitative estimate of drug-likeness (QED) is 0.820. The molecule has 2 aromatic rings. The smallest absolute Gasteiger partial charge is 0.387 e. The molecule has 2 nitrogen and oxygen atoms in total. The van der Waals surface area contributed by atoms with Crippen molar-refractivity contribution in [1.82, 2.24) is 4.98 Å². The largest absolute Gasteiger partial charge is 0.433 e. The van der Waals surface area contributed by atoms with E-state index in [1.54, 1.807) is 24.3 Å². The normalized spacial score (nSPS) is 10.7. The van der Waals surface area contributed by atoms with Crippen molar-refractivity contribution in [3.05, 3.63) is 46.6 Å². The summed E-state index contributed by atoms with van der Waals surface area (Å²) in [5, 5.41) is 0.957. The number of nitrogens with zero attached hydrogens (tertiary/aromatic N) is 1. The monoisotopic (exact) mass is 289 g/mol. The van der Waals surface area contributed by atoms with Gasteiger partial charge in [0, 0.05) is 10.6 Å². The zero-order valence-electron chi connectivity index (χ0n) is 8.91. The van der Waals surface area contributed by atoms with E-state index in [-0.39, 0.29) is 5.75 Å². The third-order valence-electron chi connectivity index (χ3n) is 2.17. The van der Waals surface area contributed by atoms with Gasteiger partial charge in [0.1, 0.15) is 5.75 Å². The maximum absolute atomic E-state index is 12.0. The zero-order chi connectivity index (χ0) is 13.1. The van der Waals surface area contributed by atoms with E-state index in [2.05, 4.69) is 9.72 Å². The number of aromatic nitrogens is 1. The van der Waals surface area contributed by atoms with Gasteiger partial charge >= 0.3 is 6.61 Å². The van der Waals surface area contributed by atoms with Crippen LogP contribution >= 0.6 is 23.2 Å². The van der Waals surface area contributed by atoms with Gasteiger partial charge < -0.3 is 4.74 Å². The molecule has 6 heteroatoms. The van der Waals surface area contributed by atoms with Crippen molar-refractivity contribution in [3.63, 3.8) is 0 Å². The average Bonchev–Trinajstić information content (AvgIpc) is 2.30. The number of ether oxygens (including phenoxy) is 1. The summed E-state index contributed by atoms with van der Waals surface area (Å²) < 4.78 is 28.1. The highest BCUT2D eigenvalue weighted by Gasteiger charge is 2.08. The van der Waals surface area contributed by atoms with Gasteiger partial charge in [0.2, 0.25) is 0 Å². The highest BCUT2D eigenvalue weighted by Crippen LogP contribution is 2.29. The number of benzene rings is 1. The van der Waals surface area contributed by atoms with Gasteiger partial charge in [-0.1, -0.05) is 23.2 Å². The molecule has 2 rings (SSSR count). The fourth-order valence-corrected chi connectivity index (χ4v) is 1.91. The predicted octanol–water partition coefficient (Wildman–Crippen LogP) is 4.66. The van der Waals surface area contributed by atoms with Crippen LogP contribution in [0.3, 0.4) is 0 Å². The van der Waals surface area contributed by atoms with Crippen LogP contribution in [-0.2, 0) is 0 Å². The molecule has 0 aliphatic carbocycles. The first kappa shape index (κ1) is 13.1. The first-order valence-corrected chi connectivity index (χ1v) is 5.68. The summed E-state index contributed by atoms with van der Waals surface area (Å²) in [6, 6.07) is 7.92. The predicted molar refractivity (Wildman–Crippen MR) is 66.3 cm³/mol. The summed E-state index contributed by atoms with van der Waals surface area (Å²) in [4.78, 5) is 4.01. The van der Waals surface area contributed by atoms with Gasteiger partial charge in [0.25, 0.3) is 0 Å². The van der Waals surface area contributed by atoms with Crippen molar-refractivity contribution in [2.75, 3.05) is 0 Å². The van der Waals surface area contributed by atoms with Crippen LogP contribution in [0, 0.1) is 0 Å². The van der Waals surface area contributed by atoms with Crippen LogP contribution in [0.5, 0.6) is 5.75 Å². The summed E-state index contributed by atoms with van der Waals surface area (Å²) >= 11 is 11.8. The Hall–Kier alpha value is -1.39. The second-order valence-electron chi connectivity index (χ2n) is 3.38. The first-order chi connectivity index (χ1) is 8.56. The van der Waals surface area contributed by atoms with Gasteiger partial charge in [-0.25, -0.2) is 0 Å². The molecular formula is C12H7Cl2F2NO. The number of pyridine rings is 1. The lowest BCUT2D eigenvalue weighted by Crippen LogP contribution is -2.02. The van der Waals surface area contributed by atoms with Gasteiger partial charge in [-0.2, -0.15) is 8.78 Å². The molecular weight excluding hydrogens is 283 g/mol. The summed E-state index contributed by atoms with van der Waals surface area (Å²) in [7, 11) is 0. The number of hydrogen-bond acceptors (Lipinski definition) is 2. The maximum atomic E-state index is 12.0. The highest BCUT2D eigenvalue weighted by atomic mass is 35.5. The Morgan fingerprint density at radius 3 is 2.44 bits per heavy atom. The standard InChI is InChI=1S/C12H7Cl2F2NO/c13-7-1-3-9(10(14)5-7)11-4-2-8(6-17-11)18-12(15)16/h1-6,12H. The van der Waals surface area contributed by atoms with E-state index >= 15 is 0 Å². The molecule has 0 saturated carbocycles. The molecule has 1 aromatic heterocycles. The SMILES string of the molecule is FC(F)Oc1ccc(-c2ccc(Cl)cc2Cl)nc1. The van der Waals surface area contributed by atoms with E-state index < -0.39 is 6.61 Å². The Balaban J connectivity index is 2.28. The summed E-state index contributed by atoms with van der Waals surface area (Å²) in [6.45, 7) is -2.86. The minimum absolute atomic E-state index is 0.00108. The van der Waals surface area contributed by atoms with Crippen LogP contribution in [0.15, 0.2) is 36.5 Å². The van der Waals surface area contributed by atoms with Crippen molar-refractivity contribution in [1.29, 1.82) is 0 Å². The summed E-state index contributed by atoms with van der Waals surface area (Å²) in [5.74, 6) is -0.00108. The number of hydrogen-bond donors (Lipinski definition) is 0. The molecule has 0 unspecified atom stereocenters. The van der Waals surface area contributed by atoms with Crippen LogP contribution in [0.4, 0.5) is 8.78 Å². The second kappa shape index (κ2) is 5.50. The van der Waals surface area contributed by atoms with Crippen LogP contribution in [0.1, 0.15) is 0 Å². The average molecular weight is 290 g/mol. The van der Waals surface area contributed by atoms with Gasteiger partial charge in [-0.05, 0) is 30.3 Å². The molecule has 1 aromatic carbocycles. The first-order valence-electron chi connectivity index (χ1n) is 4.92. The Kier molecular flexibility index (Phi) is 3.99. The van der Waals surface area contributed by atoms with E-state index in [0.29, 0.717) is 21.3 Å². The van der Waals surface area contributed by atoms with Crippen molar-refractivity contribution in [2.45, 2.75) is 6.61 Å². The zero-order valence-corrected chi connectivity index (χ0v) is 10.4. The van der Waals surface area contributed by atoms with Crippen molar-refractivity contribution >= 4 is 23.2 Å². The van der Waals surface area contributed by atoms with Gasteiger partial charge in [-0.3, -0.25) is 4.98 Å².